The van der Waals surface area contributed by atoms with Crippen LogP contribution < -0.4 is 27.4 Å². The number of hydrogen-bond acceptors (Lipinski definition) is 7. The molecule has 0 saturated carbocycles. The maximum absolute atomic E-state index is 12.9. The van der Waals surface area contributed by atoms with E-state index < -0.39 is 53.8 Å². The Morgan fingerprint density at radius 3 is 1.84 bits per heavy atom. The molecule has 4 atom stereocenters. The van der Waals surface area contributed by atoms with Gasteiger partial charge < -0.3 is 32.5 Å². The van der Waals surface area contributed by atoms with Crippen LogP contribution in [-0.4, -0.2) is 70.9 Å². The van der Waals surface area contributed by atoms with Gasteiger partial charge in [0.15, 0.2) is 0 Å². The summed E-state index contributed by atoms with van der Waals surface area (Å²) < 4.78 is 0. The minimum Gasteiger partial charge on any atom is -0.480 e. The first-order chi connectivity index (χ1) is 14.8. The molecule has 0 radical (unpaired) electrons. The molecule has 0 aliphatic heterocycles. The minimum atomic E-state index is -1.33. The standard InChI is InChI=1S/C20H37N5O6S/c1-10(2)15(22)18(28)25-16(11(3)4)19(29)23-12(8-9-32-5)17(27)24-13(20(30)31)6-7-14(21)26/h10-13,15-16H,6-9,22H2,1-5H3,(H2,21,26)(H,23,29)(H,24,27)(H,25,28)(H,30,31). The van der Waals surface area contributed by atoms with Gasteiger partial charge in [-0.3, -0.25) is 19.2 Å². The lowest BCUT2D eigenvalue weighted by Gasteiger charge is -2.27. The first kappa shape index (κ1) is 29.7. The zero-order valence-corrected chi connectivity index (χ0v) is 20.2. The van der Waals surface area contributed by atoms with Gasteiger partial charge in [-0.15, -0.1) is 0 Å². The Balaban J connectivity index is 5.40. The van der Waals surface area contributed by atoms with Crippen molar-refractivity contribution in [3.8, 4) is 0 Å². The van der Waals surface area contributed by atoms with Crippen molar-refractivity contribution >= 4 is 41.4 Å². The third-order valence-electron chi connectivity index (χ3n) is 4.81. The fraction of sp³-hybridized carbons (Fsp3) is 0.750. The summed E-state index contributed by atoms with van der Waals surface area (Å²) in [6, 6.07) is -4.07. The van der Waals surface area contributed by atoms with Crippen LogP contribution in [0.5, 0.6) is 0 Å². The van der Waals surface area contributed by atoms with Gasteiger partial charge in [0.25, 0.3) is 0 Å². The van der Waals surface area contributed by atoms with Crippen molar-refractivity contribution in [1.82, 2.24) is 16.0 Å². The van der Waals surface area contributed by atoms with Crippen molar-refractivity contribution in [2.45, 2.75) is 71.1 Å². The van der Waals surface area contributed by atoms with Crippen molar-refractivity contribution in [3.05, 3.63) is 0 Å². The zero-order valence-electron chi connectivity index (χ0n) is 19.3. The van der Waals surface area contributed by atoms with Crippen LogP contribution in [0.4, 0.5) is 0 Å². The number of carbonyl (C=O) groups excluding carboxylic acids is 4. The molecule has 0 fully saturated rings. The Hall–Kier alpha value is -2.34. The maximum atomic E-state index is 12.9. The number of nitrogens with one attached hydrogen (secondary N) is 3. The summed E-state index contributed by atoms with van der Waals surface area (Å²) in [6.07, 6.45) is 1.69. The van der Waals surface area contributed by atoms with E-state index in [4.69, 9.17) is 11.5 Å². The molecule has 0 aliphatic rings. The van der Waals surface area contributed by atoms with Crippen LogP contribution in [0, 0.1) is 11.8 Å². The fourth-order valence-electron chi connectivity index (χ4n) is 2.67. The van der Waals surface area contributed by atoms with E-state index in [0.29, 0.717) is 5.75 Å². The molecule has 12 heteroatoms. The molecule has 0 bridgehead atoms. The van der Waals surface area contributed by atoms with Crippen LogP contribution in [0.3, 0.4) is 0 Å². The number of thioether (sulfide) groups is 1. The Kier molecular flexibility index (Phi) is 13.6. The molecule has 8 N–H and O–H groups in total. The molecule has 4 unspecified atom stereocenters. The summed E-state index contributed by atoms with van der Waals surface area (Å²) in [5.41, 5.74) is 10.9. The topological polar surface area (TPSA) is 194 Å². The van der Waals surface area contributed by atoms with E-state index in [1.807, 2.05) is 6.26 Å². The average molecular weight is 476 g/mol. The number of carbonyl (C=O) groups is 5. The second-order valence-corrected chi connectivity index (χ2v) is 9.23. The van der Waals surface area contributed by atoms with Crippen molar-refractivity contribution in [2.75, 3.05) is 12.0 Å². The number of carboxylic acid groups (broad SMARTS) is 1. The SMILES string of the molecule is CSCCC(NC(=O)C(NC(=O)C(N)C(C)C)C(C)C)C(=O)NC(CCC(N)=O)C(=O)O. The van der Waals surface area contributed by atoms with E-state index in [1.165, 1.54) is 11.8 Å². The zero-order chi connectivity index (χ0) is 25.0. The molecular formula is C20H37N5O6S. The molecule has 11 nitrogen and oxygen atoms in total. The van der Waals surface area contributed by atoms with Gasteiger partial charge in [-0.2, -0.15) is 11.8 Å². The molecule has 0 aliphatic carbocycles. The second-order valence-electron chi connectivity index (χ2n) is 8.25. The largest absolute Gasteiger partial charge is 0.480 e. The van der Waals surface area contributed by atoms with Crippen LogP contribution in [0.15, 0.2) is 0 Å². The van der Waals surface area contributed by atoms with Gasteiger partial charge in [0.2, 0.25) is 23.6 Å². The van der Waals surface area contributed by atoms with Gasteiger partial charge in [-0.25, -0.2) is 4.79 Å². The van der Waals surface area contributed by atoms with E-state index in [2.05, 4.69) is 16.0 Å². The summed E-state index contributed by atoms with van der Waals surface area (Å²) in [7, 11) is 0. The predicted octanol–water partition coefficient (Wildman–Crippen LogP) is -0.817. The lowest BCUT2D eigenvalue weighted by atomic mass is 10.00. The molecular weight excluding hydrogens is 438 g/mol. The number of nitrogens with two attached hydrogens (primary N) is 2. The Labute approximate surface area is 193 Å². The highest BCUT2D eigenvalue weighted by molar-refractivity contribution is 7.98. The van der Waals surface area contributed by atoms with Crippen LogP contribution in [0.25, 0.3) is 0 Å². The normalized spacial score (nSPS) is 14.9. The minimum absolute atomic E-state index is 0.126. The highest BCUT2D eigenvalue weighted by Crippen LogP contribution is 2.08. The van der Waals surface area contributed by atoms with Gasteiger partial charge in [0, 0.05) is 6.42 Å². The van der Waals surface area contributed by atoms with Crippen molar-refractivity contribution < 1.29 is 29.1 Å². The Morgan fingerprint density at radius 2 is 1.41 bits per heavy atom. The molecule has 0 aromatic heterocycles. The first-order valence-corrected chi connectivity index (χ1v) is 11.9. The van der Waals surface area contributed by atoms with E-state index in [1.54, 1.807) is 27.7 Å². The van der Waals surface area contributed by atoms with E-state index in [0.717, 1.165) is 0 Å². The highest BCUT2D eigenvalue weighted by Gasteiger charge is 2.32. The molecule has 0 aromatic rings. The lowest BCUT2D eigenvalue weighted by molar-refractivity contribution is -0.142. The average Bonchev–Trinajstić information content (AvgIpc) is 2.70. The number of rotatable bonds is 15. The highest BCUT2D eigenvalue weighted by atomic mass is 32.2. The summed E-state index contributed by atoms with van der Waals surface area (Å²) in [5.74, 6) is -3.64. The van der Waals surface area contributed by atoms with Gasteiger partial charge in [-0.05, 0) is 36.7 Å². The summed E-state index contributed by atoms with van der Waals surface area (Å²) in [5, 5.41) is 16.9. The Bertz CT molecular complexity index is 673. The van der Waals surface area contributed by atoms with Gasteiger partial charge in [-0.1, -0.05) is 27.7 Å². The lowest BCUT2D eigenvalue weighted by Crippen LogP contribution is -2.59. The smallest absolute Gasteiger partial charge is 0.326 e. The van der Waals surface area contributed by atoms with E-state index >= 15 is 0 Å². The molecule has 184 valence electrons. The van der Waals surface area contributed by atoms with Crippen LogP contribution in [0.2, 0.25) is 0 Å². The number of hydrogen-bond donors (Lipinski definition) is 6. The van der Waals surface area contributed by atoms with Crippen LogP contribution in [0.1, 0.15) is 47.0 Å². The monoisotopic (exact) mass is 475 g/mol. The number of aliphatic carboxylic acids is 1. The summed E-state index contributed by atoms with van der Waals surface area (Å²) in [4.78, 5) is 60.4. The van der Waals surface area contributed by atoms with Crippen molar-refractivity contribution in [1.29, 1.82) is 0 Å². The van der Waals surface area contributed by atoms with E-state index in [9.17, 15) is 29.1 Å². The summed E-state index contributed by atoms with van der Waals surface area (Å²) >= 11 is 1.45. The van der Waals surface area contributed by atoms with Crippen LogP contribution in [-0.2, 0) is 24.0 Å². The predicted molar refractivity (Wildman–Crippen MR) is 123 cm³/mol. The van der Waals surface area contributed by atoms with Crippen molar-refractivity contribution in [3.63, 3.8) is 0 Å². The molecule has 0 aromatic carbocycles. The second kappa shape index (κ2) is 14.7. The fourth-order valence-corrected chi connectivity index (χ4v) is 3.14. The molecule has 0 saturated heterocycles. The van der Waals surface area contributed by atoms with Gasteiger partial charge in [0.05, 0.1) is 6.04 Å². The third-order valence-corrected chi connectivity index (χ3v) is 5.45. The first-order valence-electron chi connectivity index (χ1n) is 10.5. The van der Waals surface area contributed by atoms with Gasteiger partial charge >= 0.3 is 5.97 Å². The Morgan fingerprint density at radius 1 is 0.844 bits per heavy atom. The molecule has 4 amide bonds. The maximum Gasteiger partial charge on any atom is 0.326 e. The molecule has 0 heterocycles. The number of carboxylic acids is 1. The quantitative estimate of drug-likeness (QED) is 0.177. The molecule has 32 heavy (non-hydrogen) atoms. The van der Waals surface area contributed by atoms with E-state index in [-0.39, 0.29) is 31.1 Å². The molecule has 0 rings (SSSR count). The van der Waals surface area contributed by atoms with Gasteiger partial charge in [0.1, 0.15) is 18.1 Å². The van der Waals surface area contributed by atoms with Crippen LogP contribution >= 0.6 is 11.8 Å². The van der Waals surface area contributed by atoms with Crippen molar-refractivity contribution in [2.24, 2.45) is 23.3 Å². The summed E-state index contributed by atoms with van der Waals surface area (Å²) in [6.45, 7) is 7.06. The molecule has 0 spiro atoms. The number of amides is 4. The number of primary amides is 1. The third kappa shape index (κ3) is 10.8.